The largest absolute Gasteiger partial charge is 0.480 e. The summed E-state index contributed by atoms with van der Waals surface area (Å²) < 4.78 is 5.93. The molecule has 0 atom stereocenters. The highest BCUT2D eigenvalue weighted by Gasteiger charge is 2.12. The van der Waals surface area contributed by atoms with Crippen LogP contribution in [0.4, 0.5) is 0 Å². The molecule has 0 spiro atoms. The molecule has 0 unspecified atom stereocenters. The number of nitrogens with zero attached hydrogens (tertiary/aromatic N) is 3. The number of carbonyl (C=O) groups excluding carboxylic acids is 1. The number of carbonyl (C=O) groups is 2. The summed E-state index contributed by atoms with van der Waals surface area (Å²) >= 11 is 0. The highest BCUT2D eigenvalue weighted by atomic mass is 16.5. The van der Waals surface area contributed by atoms with Gasteiger partial charge in [0, 0.05) is 19.2 Å². The second-order valence-electron chi connectivity index (χ2n) is 3.77. The molecule has 0 fully saturated rings. The van der Waals surface area contributed by atoms with Gasteiger partial charge in [-0.2, -0.15) is 4.98 Å². The van der Waals surface area contributed by atoms with Gasteiger partial charge in [-0.3, -0.25) is 9.59 Å². The summed E-state index contributed by atoms with van der Waals surface area (Å²) in [6.07, 6.45) is 3.21. The van der Waals surface area contributed by atoms with Crippen molar-refractivity contribution >= 4 is 11.9 Å². The molecule has 8 nitrogen and oxygen atoms in total. The van der Waals surface area contributed by atoms with Crippen LogP contribution < -0.4 is 5.32 Å². The summed E-state index contributed by atoms with van der Waals surface area (Å²) in [4.78, 5) is 26.3. The summed E-state index contributed by atoms with van der Waals surface area (Å²) in [6, 6.07) is 3.18. The van der Waals surface area contributed by atoms with Gasteiger partial charge in [0.15, 0.2) is 5.82 Å². The number of aliphatic carboxylic acids is 1. The molecule has 0 saturated heterocycles. The number of carboxylic acid groups (broad SMARTS) is 1. The highest BCUT2D eigenvalue weighted by Crippen LogP contribution is 2.02. The lowest BCUT2D eigenvalue weighted by molar-refractivity contribution is -0.137. The van der Waals surface area contributed by atoms with Gasteiger partial charge in [0.2, 0.25) is 6.39 Å². The maximum absolute atomic E-state index is 11.8. The number of hydrogen-bond donors (Lipinski definition) is 2. The summed E-state index contributed by atoms with van der Waals surface area (Å²) in [6.45, 7) is 0.0945. The Morgan fingerprint density at radius 3 is 3.00 bits per heavy atom. The summed E-state index contributed by atoms with van der Waals surface area (Å²) in [5.74, 6) is -0.840. The average Bonchev–Trinajstić information content (AvgIpc) is 2.99. The predicted molar refractivity (Wildman–Crippen MR) is 62.4 cm³/mol. The number of nitrogens with one attached hydrogen (secondary N) is 1. The molecular formula is C11H12N4O4. The van der Waals surface area contributed by atoms with Gasteiger partial charge in [0.05, 0.1) is 0 Å². The molecule has 2 heterocycles. The van der Waals surface area contributed by atoms with Crippen LogP contribution in [0.5, 0.6) is 0 Å². The lowest BCUT2D eigenvalue weighted by atomic mass is 10.3. The van der Waals surface area contributed by atoms with E-state index in [1.54, 1.807) is 18.3 Å². The second-order valence-corrected chi connectivity index (χ2v) is 3.77. The molecule has 0 saturated carbocycles. The lowest BCUT2D eigenvalue weighted by Gasteiger charge is -2.06. The van der Waals surface area contributed by atoms with Gasteiger partial charge >= 0.3 is 5.97 Å². The zero-order valence-corrected chi connectivity index (χ0v) is 9.94. The van der Waals surface area contributed by atoms with Gasteiger partial charge in [-0.25, -0.2) is 0 Å². The number of rotatable bonds is 6. The Labute approximate surface area is 108 Å². The normalized spacial score (nSPS) is 10.3. The first kappa shape index (κ1) is 12.8. The molecule has 1 amide bonds. The fourth-order valence-corrected chi connectivity index (χ4v) is 1.58. The molecule has 100 valence electrons. The van der Waals surface area contributed by atoms with E-state index < -0.39 is 5.97 Å². The standard InChI is InChI=1S/C11H12N4O4/c16-10(17)6-15-5-1-2-8(15)11(18)12-4-3-9-13-7-19-14-9/h1-2,5,7H,3-4,6H2,(H,12,18)(H,16,17). The topological polar surface area (TPSA) is 110 Å². The Hall–Kier alpha value is -2.64. The predicted octanol–water partition coefficient (Wildman–Crippen LogP) is -0.0718. The van der Waals surface area contributed by atoms with E-state index in [9.17, 15) is 9.59 Å². The van der Waals surface area contributed by atoms with Crippen LogP contribution >= 0.6 is 0 Å². The summed E-state index contributed by atoms with van der Waals surface area (Å²) in [5, 5.41) is 15.0. The van der Waals surface area contributed by atoms with E-state index in [4.69, 9.17) is 5.11 Å². The Morgan fingerprint density at radius 1 is 1.47 bits per heavy atom. The first-order valence-corrected chi connectivity index (χ1v) is 5.57. The van der Waals surface area contributed by atoms with Crippen molar-refractivity contribution in [3.8, 4) is 0 Å². The minimum Gasteiger partial charge on any atom is -0.480 e. The minimum absolute atomic E-state index is 0.249. The van der Waals surface area contributed by atoms with Gasteiger partial charge < -0.3 is 19.5 Å². The lowest BCUT2D eigenvalue weighted by Crippen LogP contribution is -2.28. The third-order valence-electron chi connectivity index (χ3n) is 2.41. The molecule has 8 heteroatoms. The van der Waals surface area contributed by atoms with E-state index in [0.29, 0.717) is 24.5 Å². The molecule has 0 bridgehead atoms. The fraction of sp³-hybridized carbons (Fsp3) is 0.273. The quantitative estimate of drug-likeness (QED) is 0.755. The van der Waals surface area contributed by atoms with E-state index in [1.807, 2.05) is 0 Å². The van der Waals surface area contributed by atoms with Crippen LogP contribution in [-0.4, -0.2) is 38.2 Å². The molecular weight excluding hydrogens is 252 g/mol. The molecule has 2 N–H and O–H groups in total. The van der Waals surface area contributed by atoms with Gasteiger partial charge in [0.25, 0.3) is 5.91 Å². The van der Waals surface area contributed by atoms with E-state index in [0.717, 1.165) is 0 Å². The highest BCUT2D eigenvalue weighted by molar-refractivity contribution is 5.93. The molecule has 19 heavy (non-hydrogen) atoms. The van der Waals surface area contributed by atoms with Crippen molar-refractivity contribution in [2.24, 2.45) is 0 Å². The molecule has 0 aliphatic heterocycles. The van der Waals surface area contributed by atoms with Crippen molar-refractivity contribution in [1.82, 2.24) is 20.0 Å². The number of aromatic nitrogens is 3. The Bertz CT molecular complexity index is 561. The molecule has 2 aromatic heterocycles. The molecule has 0 radical (unpaired) electrons. The minimum atomic E-state index is -1.00. The number of carboxylic acids is 1. The molecule has 0 aromatic carbocycles. The molecule has 2 rings (SSSR count). The van der Waals surface area contributed by atoms with Gasteiger partial charge in [0.1, 0.15) is 12.2 Å². The monoisotopic (exact) mass is 264 g/mol. The Morgan fingerprint density at radius 2 is 2.32 bits per heavy atom. The van der Waals surface area contributed by atoms with Gasteiger partial charge in [-0.15, -0.1) is 0 Å². The first-order chi connectivity index (χ1) is 9.16. The van der Waals surface area contributed by atoms with Crippen molar-refractivity contribution in [3.05, 3.63) is 36.2 Å². The van der Waals surface area contributed by atoms with Crippen molar-refractivity contribution < 1.29 is 19.2 Å². The van der Waals surface area contributed by atoms with Crippen molar-refractivity contribution in [2.45, 2.75) is 13.0 Å². The molecule has 2 aromatic rings. The maximum atomic E-state index is 11.8. The average molecular weight is 264 g/mol. The van der Waals surface area contributed by atoms with Crippen molar-refractivity contribution in [3.63, 3.8) is 0 Å². The van der Waals surface area contributed by atoms with Crippen LogP contribution in [0.2, 0.25) is 0 Å². The molecule has 0 aliphatic rings. The number of amides is 1. The summed E-state index contributed by atoms with van der Waals surface area (Å²) in [5.41, 5.74) is 0.301. The van der Waals surface area contributed by atoms with E-state index in [2.05, 4.69) is 20.0 Å². The van der Waals surface area contributed by atoms with Crippen molar-refractivity contribution in [2.75, 3.05) is 6.54 Å². The SMILES string of the molecule is O=C(O)Cn1cccc1C(=O)NCCc1ncon1. The van der Waals surface area contributed by atoms with Gasteiger partial charge in [-0.1, -0.05) is 5.16 Å². The zero-order valence-electron chi connectivity index (χ0n) is 9.94. The zero-order chi connectivity index (χ0) is 13.7. The molecule has 0 aliphatic carbocycles. The van der Waals surface area contributed by atoms with Crippen LogP contribution in [0.3, 0.4) is 0 Å². The van der Waals surface area contributed by atoms with Crippen molar-refractivity contribution in [1.29, 1.82) is 0 Å². The third kappa shape index (κ3) is 3.41. The third-order valence-corrected chi connectivity index (χ3v) is 2.41. The Balaban J connectivity index is 1.89. The van der Waals surface area contributed by atoms with Crippen LogP contribution in [0.15, 0.2) is 29.2 Å². The fourth-order valence-electron chi connectivity index (χ4n) is 1.58. The maximum Gasteiger partial charge on any atom is 0.323 e. The van der Waals surface area contributed by atoms with Crippen LogP contribution in [0, 0.1) is 0 Å². The van der Waals surface area contributed by atoms with Crippen LogP contribution in [0.25, 0.3) is 0 Å². The number of hydrogen-bond acceptors (Lipinski definition) is 5. The smallest absolute Gasteiger partial charge is 0.323 e. The van der Waals surface area contributed by atoms with E-state index >= 15 is 0 Å². The van der Waals surface area contributed by atoms with E-state index in [1.165, 1.54) is 11.0 Å². The van der Waals surface area contributed by atoms with E-state index in [-0.39, 0.29) is 12.5 Å². The second kappa shape index (κ2) is 5.80. The first-order valence-electron chi connectivity index (χ1n) is 5.57. The Kier molecular flexibility index (Phi) is 3.91. The van der Waals surface area contributed by atoms with Crippen LogP contribution in [-0.2, 0) is 17.8 Å². The summed E-state index contributed by atoms with van der Waals surface area (Å²) in [7, 11) is 0. The van der Waals surface area contributed by atoms with Gasteiger partial charge in [-0.05, 0) is 12.1 Å². The van der Waals surface area contributed by atoms with Crippen LogP contribution in [0.1, 0.15) is 16.3 Å².